The third kappa shape index (κ3) is 2.34. The van der Waals surface area contributed by atoms with Crippen molar-refractivity contribution in [1.82, 2.24) is 14.0 Å². The predicted molar refractivity (Wildman–Crippen MR) is 71.3 cm³/mol. The van der Waals surface area contributed by atoms with E-state index in [1.165, 1.54) is 24.9 Å². The zero-order valence-electron chi connectivity index (χ0n) is 11.5. The lowest BCUT2D eigenvalue weighted by Crippen LogP contribution is -2.47. The standard InChI is InChI=1S/C13H19N3O3/c1-9-6-4-5-7-16(9)12(18)10-8-14(2)13(19)15(3)11(10)17/h8-9H,4-7H2,1-3H3. The van der Waals surface area contributed by atoms with Gasteiger partial charge in [0, 0.05) is 32.9 Å². The van der Waals surface area contributed by atoms with Crippen LogP contribution in [-0.4, -0.2) is 32.5 Å². The van der Waals surface area contributed by atoms with Crippen molar-refractivity contribution in [3.63, 3.8) is 0 Å². The van der Waals surface area contributed by atoms with Crippen LogP contribution in [0.25, 0.3) is 0 Å². The van der Waals surface area contributed by atoms with E-state index < -0.39 is 11.2 Å². The smallest absolute Gasteiger partial charge is 0.330 e. The largest absolute Gasteiger partial charge is 0.336 e. The Balaban J connectivity index is 2.45. The topological polar surface area (TPSA) is 64.3 Å². The van der Waals surface area contributed by atoms with Gasteiger partial charge >= 0.3 is 5.69 Å². The molecule has 0 aromatic carbocycles. The maximum atomic E-state index is 12.4. The van der Waals surface area contributed by atoms with E-state index in [0.29, 0.717) is 6.54 Å². The van der Waals surface area contributed by atoms with Crippen LogP contribution in [0, 0.1) is 0 Å². The van der Waals surface area contributed by atoms with Gasteiger partial charge in [0.1, 0.15) is 5.56 Å². The highest BCUT2D eigenvalue weighted by Crippen LogP contribution is 2.17. The van der Waals surface area contributed by atoms with Gasteiger partial charge in [0.15, 0.2) is 0 Å². The van der Waals surface area contributed by atoms with Crippen LogP contribution in [0.15, 0.2) is 15.8 Å². The minimum atomic E-state index is -0.522. The highest BCUT2D eigenvalue weighted by molar-refractivity contribution is 5.93. The summed E-state index contributed by atoms with van der Waals surface area (Å²) in [6.07, 6.45) is 4.37. The molecule has 2 rings (SSSR count). The second-order valence-electron chi connectivity index (χ2n) is 5.14. The molecule has 1 atom stereocenters. The van der Waals surface area contributed by atoms with Crippen molar-refractivity contribution in [1.29, 1.82) is 0 Å². The van der Waals surface area contributed by atoms with Gasteiger partial charge in [-0.15, -0.1) is 0 Å². The lowest BCUT2D eigenvalue weighted by molar-refractivity contribution is 0.0632. The third-order valence-electron chi connectivity index (χ3n) is 3.74. The Bertz CT molecular complexity index is 615. The summed E-state index contributed by atoms with van der Waals surface area (Å²) in [4.78, 5) is 37.8. The van der Waals surface area contributed by atoms with Crippen LogP contribution in [0.1, 0.15) is 36.5 Å². The molecule has 0 bridgehead atoms. The van der Waals surface area contributed by atoms with Crippen LogP contribution >= 0.6 is 0 Å². The first kappa shape index (κ1) is 13.6. The molecule has 1 aliphatic heterocycles. The first-order valence-corrected chi connectivity index (χ1v) is 6.51. The van der Waals surface area contributed by atoms with E-state index in [1.807, 2.05) is 6.92 Å². The second-order valence-corrected chi connectivity index (χ2v) is 5.14. The first-order valence-electron chi connectivity index (χ1n) is 6.51. The van der Waals surface area contributed by atoms with Gasteiger partial charge in [-0.3, -0.25) is 14.2 Å². The van der Waals surface area contributed by atoms with Crippen LogP contribution in [0.5, 0.6) is 0 Å². The van der Waals surface area contributed by atoms with Gasteiger partial charge in [-0.1, -0.05) is 0 Å². The summed E-state index contributed by atoms with van der Waals surface area (Å²) < 4.78 is 2.24. The molecule has 104 valence electrons. The average molecular weight is 265 g/mol. The summed E-state index contributed by atoms with van der Waals surface area (Å²) in [6.45, 7) is 2.66. The molecule has 1 aromatic rings. The van der Waals surface area contributed by atoms with Crippen molar-refractivity contribution in [2.45, 2.75) is 32.2 Å². The summed E-state index contributed by atoms with van der Waals surface area (Å²) >= 11 is 0. The van der Waals surface area contributed by atoms with Crippen LogP contribution in [-0.2, 0) is 14.1 Å². The fraction of sp³-hybridized carbons (Fsp3) is 0.615. The van der Waals surface area contributed by atoms with Crippen molar-refractivity contribution < 1.29 is 4.79 Å². The predicted octanol–water partition coefficient (Wildman–Crippen LogP) is 0.0986. The first-order chi connectivity index (χ1) is 8.93. The summed E-state index contributed by atoms with van der Waals surface area (Å²) in [7, 11) is 2.93. The number of carbonyl (C=O) groups excluding carboxylic acids is 1. The molecule has 0 saturated carbocycles. The molecule has 1 fully saturated rings. The van der Waals surface area contributed by atoms with E-state index in [0.717, 1.165) is 23.8 Å². The van der Waals surface area contributed by atoms with E-state index in [9.17, 15) is 14.4 Å². The molecule has 0 N–H and O–H groups in total. The zero-order chi connectivity index (χ0) is 14.2. The zero-order valence-corrected chi connectivity index (χ0v) is 11.5. The molecule has 1 aromatic heterocycles. The Morgan fingerprint density at radius 2 is 1.95 bits per heavy atom. The molecular formula is C13H19N3O3. The maximum Gasteiger partial charge on any atom is 0.330 e. The number of rotatable bonds is 1. The molecule has 1 aliphatic rings. The molecule has 1 saturated heterocycles. The number of likely N-dealkylation sites (tertiary alicyclic amines) is 1. The number of carbonyl (C=O) groups is 1. The average Bonchev–Trinajstić information content (AvgIpc) is 2.40. The number of piperidine rings is 1. The van der Waals surface area contributed by atoms with Crippen molar-refractivity contribution in [2.75, 3.05) is 6.54 Å². The van der Waals surface area contributed by atoms with Gasteiger partial charge < -0.3 is 9.47 Å². The molecule has 6 heteroatoms. The molecule has 6 nitrogen and oxygen atoms in total. The Hall–Kier alpha value is -1.85. The fourth-order valence-electron chi connectivity index (χ4n) is 2.51. The summed E-state index contributed by atoms with van der Waals surface area (Å²) in [6, 6.07) is 0.142. The van der Waals surface area contributed by atoms with Crippen LogP contribution in [0.4, 0.5) is 0 Å². The lowest BCUT2D eigenvalue weighted by atomic mass is 10.0. The van der Waals surface area contributed by atoms with Gasteiger partial charge in [0.05, 0.1) is 0 Å². The van der Waals surface area contributed by atoms with E-state index in [4.69, 9.17) is 0 Å². The fourth-order valence-corrected chi connectivity index (χ4v) is 2.51. The highest BCUT2D eigenvalue weighted by Gasteiger charge is 2.26. The Morgan fingerprint density at radius 1 is 1.26 bits per heavy atom. The lowest BCUT2D eigenvalue weighted by Gasteiger charge is -2.33. The van der Waals surface area contributed by atoms with Crippen LogP contribution in [0.2, 0.25) is 0 Å². The second kappa shape index (κ2) is 5.03. The van der Waals surface area contributed by atoms with E-state index in [2.05, 4.69) is 0 Å². The minimum absolute atomic E-state index is 0.0679. The number of hydrogen-bond acceptors (Lipinski definition) is 3. The Morgan fingerprint density at radius 3 is 2.58 bits per heavy atom. The Labute approximate surface area is 111 Å². The summed E-state index contributed by atoms with van der Waals surface area (Å²) in [5, 5.41) is 0. The molecule has 2 heterocycles. The van der Waals surface area contributed by atoms with Gasteiger partial charge in [-0.05, 0) is 26.2 Å². The van der Waals surface area contributed by atoms with Gasteiger partial charge in [-0.2, -0.15) is 0 Å². The normalized spacial score (nSPS) is 19.5. The third-order valence-corrected chi connectivity index (χ3v) is 3.74. The van der Waals surface area contributed by atoms with Crippen LogP contribution in [0.3, 0.4) is 0 Å². The number of aromatic nitrogens is 2. The summed E-state index contributed by atoms with van der Waals surface area (Å²) in [5.41, 5.74) is -0.877. The van der Waals surface area contributed by atoms with Crippen molar-refractivity contribution in [3.05, 3.63) is 32.6 Å². The molecule has 1 unspecified atom stereocenters. The molecule has 19 heavy (non-hydrogen) atoms. The quantitative estimate of drug-likeness (QED) is 0.723. The van der Waals surface area contributed by atoms with Crippen molar-refractivity contribution in [2.24, 2.45) is 14.1 Å². The molecule has 0 radical (unpaired) electrons. The number of aryl methyl sites for hydroxylation is 1. The maximum absolute atomic E-state index is 12.4. The summed E-state index contributed by atoms with van der Waals surface area (Å²) in [5.74, 6) is -0.275. The van der Waals surface area contributed by atoms with Gasteiger partial charge in [0.25, 0.3) is 11.5 Å². The molecule has 0 spiro atoms. The number of amides is 1. The molecule has 1 amide bonds. The minimum Gasteiger partial charge on any atom is -0.336 e. The number of hydrogen-bond donors (Lipinski definition) is 0. The van der Waals surface area contributed by atoms with Gasteiger partial charge in [0.2, 0.25) is 0 Å². The van der Waals surface area contributed by atoms with Gasteiger partial charge in [-0.25, -0.2) is 4.79 Å². The number of nitrogens with zero attached hydrogens (tertiary/aromatic N) is 3. The van der Waals surface area contributed by atoms with Crippen LogP contribution < -0.4 is 11.2 Å². The van der Waals surface area contributed by atoms with E-state index in [1.54, 1.807) is 4.90 Å². The monoisotopic (exact) mass is 265 g/mol. The van der Waals surface area contributed by atoms with E-state index in [-0.39, 0.29) is 17.5 Å². The highest BCUT2D eigenvalue weighted by atomic mass is 16.2. The van der Waals surface area contributed by atoms with Crippen molar-refractivity contribution >= 4 is 5.91 Å². The van der Waals surface area contributed by atoms with Crippen molar-refractivity contribution in [3.8, 4) is 0 Å². The molecule has 0 aliphatic carbocycles. The SMILES string of the molecule is CC1CCCCN1C(=O)c1cn(C)c(=O)n(C)c1=O. The van der Waals surface area contributed by atoms with E-state index >= 15 is 0 Å². The Kier molecular flexibility index (Phi) is 3.59. The molecular weight excluding hydrogens is 246 g/mol.